The lowest BCUT2D eigenvalue weighted by atomic mass is 10.4. The van der Waals surface area contributed by atoms with E-state index in [9.17, 15) is 0 Å². The van der Waals surface area contributed by atoms with E-state index < -0.39 is 0 Å². The zero-order valence-electron chi connectivity index (χ0n) is 5.26. The molecule has 1 rings (SSSR count). The Kier molecular flexibility index (Phi) is 2.74. The van der Waals surface area contributed by atoms with Crippen molar-refractivity contribution in [1.29, 1.82) is 0 Å². The quantitative estimate of drug-likeness (QED) is 0.673. The Labute approximate surface area is 59.7 Å². The molecule has 1 aromatic rings. The summed E-state index contributed by atoms with van der Waals surface area (Å²) in [6.45, 7) is 5.44. The summed E-state index contributed by atoms with van der Waals surface area (Å²) in [5, 5.41) is 5.23. The molecule has 0 aliphatic carbocycles. The van der Waals surface area contributed by atoms with Crippen LogP contribution < -0.4 is 5.32 Å². The maximum atomic E-state index is 3.68. The predicted molar refractivity (Wildman–Crippen MR) is 41.4 cm³/mol. The molecule has 0 fully saturated rings. The van der Waals surface area contributed by atoms with Crippen molar-refractivity contribution in [2.24, 2.45) is 0 Å². The van der Waals surface area contributed by atoms with Crippen molar-refractivity contribution in [1.82, 2.24) is 5.32 Å². The SMILES string of the molecule is [CH2]CNCc1cccs1. The predicted octanol–water partition coefficient (Wildman–Crippen LogP) is 1.67. The highest BCUT2D eigenvalue weighted by molar-refractivity contribution is 7.09. The zero-order valence-corrected chi connectivity index (χ0v) is 6.08. The van der Waals surface area contributed by atoms with Crippen molar-refractivity contribution >= 4 is 11.3 Å². The lowest BCUT2D eigenvalue weighted by Crippen LogP contribution is -2.10. The molecule has 0 aromatic carbocycles. The highest BCUT2D eigenvalue weighted by Crippen LogP contribution is 2.06. The van der Waals surface area contributed by atoms with Gasteiger partial charge >= 0.3 is 0 Å². The van der Waals surface area contributed by atoms with Crippen molar-refractivity contribution < 1.29 is 0 Å². The molecule has 0 amide bonds. The Bertz CT molecular complexity index is 146. The van der Waals surface area contributed by atoms with E-state index in [4.69, 9.17) is 0 Å². The van der Waals surface area contributed by atoms with Gasteiger partial charge in [0.05, 0.1) is 0 Å². The summed E-state index contributed by atoms with van der Waals surface area (Å²) in [7, 11) is 0. The third kappa shape index (κ3) is 2.16. The number of hydrogen-bond donors (Lipinski definition) is 1. The van der Waals surface area contributed by atoms with Gasteiger partial charge in [0.1, 0.15) is 0 Å². The molecule has 49 valence electrons. The highest BCUT2D eigenvalue weighted by Gasteiger charge is 1.88. The fourth-order valence-electron chi connectivity index (χ4n) is 0.625. The van der Waals surface area contributed by atoms with Gasteiger partial charge in [-0.1, -0.05) is 6.07 Å². The topological polar surface area (TPSA) is 12.0 Å². The van der Waals surface area contributed by atoms with Crippen molar-refractivity contribution in [2.75, 3.05) is 6.54 Å². The lowest BCUT2D eigenvalue weighted by molar-refractivity contribution is 0.768. The first-order valence-electron chi connectivity index (χ1n) is 2.96. The standard InChI is InChI=1S/C7H10NS/c1-2-8-6-7-4-3-5-9-7/h3-5,8H,1-2,6H2. The van der Waals surface area contributed by atoms with Crippen LogP contribution in [0.3, 0.4) is 0 Å². The van der Waals surface area contributed by atoms with Crippen molar-refractivity contribution in [2.45, 2.75) is 6.54 Å². The molecule has 1 radical (unpaired) electrons. The van der Waals surface area contributed by atoms with E-state index >= 15 is 0 Å². The van der Waals surface area contributed by atoms with Crippen LogP contribution in [0, 0.1) is 6.92 Å². The maximum Gasteiger partial charge on any atom is 0.0299 e. The van der Waals surface area contributed by atoms with Gasteiger partial charge in [0.15, 0.2) is 0 Å². The molecular formula is C7H10NS. The number of thiophene rings is 1. The van der Waals surface area contributed by atoms with Gasteiger partial charge in [0.25, 0.3) is 0 Å². The minimum absolute atomic E-state index is 0.803. The Morgan fingerprint density at radius 1 is 1.67 bits per heavy atom. The molecule has 9 heavy (non-hydrogen) atoms. The van der Waals surface area contributed by atoms with E-state index in [0.717, 1.165) is 13.1 Å². The van der Waals surface area contributed by atoms with Gasteiger partial charge in [-0.2, -0.15) is 0 Å². The molecular weight excluding hydrogens is 130 g/mol. The molecule has 2 heteroatoms. The fraction of sp³-hybridized carbons (Fsp3) is 0.286. The van der Waals surface area contributed by atoms with Crippen LogP contribution in [-0.2, 0) is 6.54 Å². The molecule has 0 atom stereocenters. The summed E-state index contributed by atoms with van der Waals surface area (Å²) in [4.78, 5) is 1.37. The summed E-state index contributed by atoms with van der Waals surface area (Å²) < 4.78 is 0. The third-order valence-corrected chi connectivity index (χ3v) is 1.93. The second kappa shape index (κ2) is 3.64. The smallest absolute Gasteiger partial charge is 0.0299 e. The Hall–Kier alpha value is -0.340. The number of hydrogen-bond acceptors (Lipinski definition) is 2. The zero-order chi connectivity index (χ0) is 6.53. The first kappa shape index (κ1) is 6.78. The molecule has 0 aliphatic heterocycles. The van der Waals surface area contributed by atoms with Crippen molar-refractivity contribution in [3.63, 3.8) is 0 Å². The average molecular weight is 140 g/mol. The van der Waals surface area contributed by atoms with Gasteiger partial charge < -0.3 is 5.32 Å². The highest BCUT2D eigenvalue weighted by atomic mass is 32.1. The normalized spacial score (nSPS) is 9.89. The number of rotatable bonds is 3. The Morgan fingerprint density at radius 3 is 3.11 bits per heavy atom. The second-order valence-electron chi connectivity index (χ2n) is 1.76. The fourth-order valence-corrected chi connectivity index (χ4v) is 1.30. The summed E-state index contributed by atoms with van der Waals surface area (Å²) in [5.41, 5.74) is 0. The van der Waals surface area contributed by atoms with Gasteiger partial charge in [0.2, 0.25) is 0 Å². The minimum atomic E-state index is 0.803. The molecule has 0 saturated heterocycles. The molecule has 0 bridgehead atoms. The van der Waals surface area contributed by atoms with E-state index in [1.807, 2.05) is 0 Å². The van der Waals surface area contributed by atoms with Crippen molar-refractivity contribution in [3.8, 4) is 0 Å². The lowest BCUT2D eigenvalue weighted by Gasteiger charge is -1.94. The van der Waals surface area contributed by atoms with Gasteiger partial charge in [-0.05, 0) is 24.9 Å². The average Bonchev–Trinajstić information content (AvgIpc) is 2.34. The molecule has 0 spiro atoms. The van der Waals surface area contributed by atoms with Crippen LogP contribution in [-0.4, -0.2) is 6.54 Å². The van der Waals surface area contributed by atoms with E-state index in [1.54, 1.807) is 11.3 Å². The van der Waals surface area contributed by atoms with Crippen LogP contribution in [0.5, 0.6) is 0 Å². The van der Waals surface area contributed by atoms with Crippen LogP contribution in [0.2, 0.25) is 0 Å². The molecule has 1 heterocycles. The van der Waals surface area contributed by atoms with Gasteiger partial charge in [0, 0.05) is 11.4 Å². The monoisotopic (exact) mass is 140 g/mol. The molecule has 1 aromatic heterocycles. The molecule has 0 saturated carbocycles. The molecule has 1 N–H and O–H groups in total. The first-order valence-corrected chi connectivity index (χ1v) is 3.84. The summed E-state index contributed by atoms with van der Waals surface area (Å²) >= 11 is 1.77. The second-order valence-corrected chi connectivity index (χ2v) is 2.79. The van der Waals surface area contributed by atoms with Crippen LogP contribution in [0.1, 0.15) is 4.88 Å². The van der Waals surface area contributed by atoms with Gasteiger partial charge in [-0.15, -0.1) is 11.3 Å². The van der Waals surface area contributed by atoms with E-state index in [2.05, 4.69) is 29.8 Å². The first-order chi connectivity index (χ1) is 4.43. The van der Waals surface area contributed by atoms with Gasteiger partial charge in [-0.3, -0.25) is 0 Å². The van der Waals surface area contributed by atoms with Crippen LogP contribution in [0.4, 0.5) is 0 Å². The largest absolute Gasteiger partial charge is 0.312 e. The summed E-state index contributed by atoms with van der Waals surface area (Å²) in [6.07, 6.45) is 0. The summed E-state index contributed by atoms with van der Waals surface area (Å²) in [6, 6.07) is 4.18. The third-order valence-electron chi connectivity index (χ3n) is 1.06. The number of nitrogens with one attached hydrogen (secondary N) is 1. The van der Waals surface area contributed by atoms with Crippen molar-refractivity contribution in [3.05, 3.63) is 29.3 Å². The minimum Gasteiger partial charge on any atom is -0.312 e. The van der Waals surface area contributed by atoms with Crippen LogP contribution >= 0.6 is 11.3 Å². The van der Waals surface area contributed by atoms with E-state index in [-0.39, 0.29) is 0 Å². The van der Waals surface area contributed by atoms with Crippen LogP contribution in [0.15, 0.2) is 17.5 Å². The Balaban J connectivity index is 2.30. The maximum absolute atomic E-state index is 3.68. The van der Waals surface area contributed by atoms with E-state index in [1.165, 1.54) is 4.88 Å². The van der Waals surface area contributed by atoms with Gasteiger partial charge in [-0.25, -0.2) is 0 Å². The Morgan fingerprint density at radius 2 is 2.56 bits per heavy atom. The molecule has 0 unspecified atom stereocenters. The van der Waals surface area contributed by atoms with Crippen LogP contribution in [0.25, 0.3) is 0 Å². The van der Waals surface area contributed by atoms with E-state index in [0.29, 0.717) is 0 Å². The summed E-state index contributed by atoms with van der Waals surface area (Å²) in [5.74, 6) is 0. The molecule has 0 aliphatic rings. The molecule has 1 nitrogen and oxygen atoms in total.